The van der Waals surface area contributed by atoms with Gasteiger partial charge in [-0.1, -0.05) is 53.7 Å². The maximum Gasteiger partial charge on any atom is 0.262 e. The summed E-state index contributed by atoms with van der Waals surface area (Å²) in [6, 6.07) is 20.9. The second-order valence-corrected chi connectivity index (χ2v) is 7.50. The zero-order valence-corrected chi connectivity index (χ0v) is 16.8. The highest BCUT2D eigenvalue weighted by molar-refractivity contribution is 5.65. The summed E-state index contributed by atoms with van der Waals surface area (Å²) in [6.07, 6.45) is 2.32. The number of halogens is 1. The molecule has 1 fully saturated rings. The highest BCUT2D eigenvalue weighted by atomic mass is 19.1. The van der Waals surface area contributed by atoms with E-state index < -0.39 is 5.95 Å². The van der Waals surface area contributed by atoms with Crippen LogP contribution >= 0.6 is 0 Å². The molecule has 1 aliphatic rings. The van der Waals surface area contributed by atoms with Gasteiger partial charge in [-0.3, -0.25) is 4.90 Å². The average molecular weight is 416 g/mol. The van der Waals surface area contributed by atoms with Crippen LogP contribution in [0.3, 0.4) is 0 Å². The lowest BCUT2D eigenvalue weighted by molar-refractivity contribution is 0.198. The molecule has 0 aliphatic carbocycles. The zero-order chi connectivity index (χ0) is 21.0. The highest BCUT2D eigenvalue weighted by Gasteiger charge is 2.26. The third kappa shape index (κ3) is 4.32. The fourth-order valence-electron chi connectivity index (χ4n) is 3.78. The largest absolute Gasteiger partial charge is 0.488 e. The van der Waals surface area contributed by atoms with Gasteiger partial charge >= 0.3 is 0 Å². The molecule has 0 amide bonds. The van der Waals surface area contributed by atoms with Gasteiger partial charge in [-0.15, -0.1) is 0 Å². The minimum Gasteiger partial charge on any atom is -0.488 e. The molecule has 6 nitrogen and oxygen atoms in total. The number of rotatable bonds is 6. The van der Waals surface area contributed by atoms with E-state index in [0.717, 1.165) is 24.1 Å². The van der Waals surface area contributed by atoms with E-state index in [1.165, 1.54) is 6.20 Å². The maximum atomic E-state index is 13.9. The predicted molar refractivity (Wildman–Crippen MR) is 114 cm³/mol. The molecule has 1 saturated heterocycles. The summed E-state index contributed by atoms with van der Waals surface area (Å²) >= 11 is 0. The Bertz CT molecular complexity index is 1160. The zero-order valence-electron chi connectivity index (χ0n) is 16.8. The molecular weight excluding hydrogens is 395 g/mol. The van der Waals surface area contributed by atoms with E-state index >= 15 is 0 Å². The second kappa shape index (κ2) is 8.65. The van der Waals surface area contributed by atoms with Gasteiger partial charge in [0, 0.05) is 37.0 Å². The highest BCUT2D eigenvalue weighted by Crippen LogP contribution is 2.32. The fraction of sp³-hybridized carbons (Fsp3) is 0.208. The van der Waals surface area contributed by atoms with Gasteiger partial charge in [0.15, 0.2) is 0 Å². The van der Waals surface area contributed by atoms with Gasteiger partial charge in [0.25, 0.3) is 5.89 Å². The van der Waals surface area contributed by atoms with Crippen LogP contribution in [0.1, 0.15) is 12.0 Å². The van der Waals surface area contributed by atoms with Gasteiger partial charge in [-0.05, 0) is 24.6 Å². The normalized spacial score (nSPS) is 16.5. The van der Waals surface area contributed by atoms with Crippen molar-refractivity contribution in [2.24, 2.45) is 0 Å². The molecule has 0 N–H and O–H groups in total. The lowest BCUT2D eigenvalue weighted by Crippen LogP contribution is -2.25. The average Bonchev–Trinajstić information content (AvgIpc) is 3.46. The Kier molecular flexibility index (Phi) is 5.41. The molecule has 3 heterocycles. The van der Waals surface area contributed by atoms with E-state index in [-0.39, 0.29) is 6.10 Å². The Balaban J connectivity index is 1.30. The molecule has 0 saturated carbocycles. The third-order valence-corrected chi connectivity index (χ3v) is 5.33. The van der Waals surface area contributed by atoms with Crippen molar-refractivity contribution in [2.75, 3.05) is 13.1 Å². The van der Waals surface area contributed by atoms with E-state index in [1.807, 2.05) is 54.6 Å². The number of hydrogen-bond acceptors (Lipinski definition) is 6. The predicted octanol–water partition coefficient (Wildman–Crippen LogP) is 4.59. The maximum absolute atomic E-state index is 13.9. The number of nitrogens with zero attached hydrogens (tertiary/aromatic N) is 4. The van der Waals surface area contributed by atoms with Crippen LogP contribution in [0.4, 0.5) is 4.39 Å². The quantitative estimate of drug-likeness (QED) is 0.429. The standard InChI is InChI=1S/C24H21FN4O2/c25-22-18(9-6-13-26-22)15-29-14-12-19(16-29)30-21-11-5-4-10-20(21)24-27-23(28-31-24)17-7-2-1-3-8-17/h1-11,13,19H,12,14-16H2. The monoisotopic (exact) mass is 416 g/mol. The van der Waals surface area contributed by atoms with E-state index in [9.17, 15) is 4.39 Å². The van der Waals surface area contributed by atoms with Crippen LogP contribution in [0.2, 0.25) is 0 Å². The van der Waals surface area contributed by atoms with Crippen molar-refractivity contribution in [3.05, 3.63) is 84.4 Å². The van der Waals surface area contributed by atoms with Crippen molar-refractivity contribution in [3.63, 3.8) is 0 Å². The Morgan fingerprint density at radius 3 is 2.74 bits per heavy atom. The summed E-state index contributed by atoms with van der Waals surface area (Å²) < 4.78 is 25.7. The van der Waals surface area contributed by atoms with E-state index in [1.54, 1.807) is 12.1 Å². The molecule has 4 aromatic rings. The Labute approximate surface area is 179 Å². The first kappa shape index (κ1) is 19.4. The van der Waals surface area contributed by atoms with Gasteiger partial charge < -0.3 is 9.26 Å². The van der Waals surface area contributed by atoms with Crippen molar-refractivity contribution in [1.29, 1.82) is 0 Å². The number of benzene rings is 2. The Morgan fingerprint density at radius 2 is 1.87 bits per heavy atom. The molecule has 2 aromatic heterocycles. The van der Waals surface area contributed by atoms with Gasteiger partial charge in [-0.2, -0.15) is 9.37 Å². The summed E-state index contributed by atoms with van der Waals surface area (Å²) in [5.74, 6) is 1.24. The molecule has 156 valence electrons. The summed E-state index contributed by atoms with van der Waals surface area (Å²) in [5, 5.41) is 4.11. The molecule has 1 unspecified atom stereocenters. The first-order valence-corrected chi connectivity index (χ1v) is 10.2. The van der Waals surface area contributed by atoms with Crippen LogP contribution in [0.5, 0.6) is 5.75 Å². The topological polar surface area (TPSA) is 64.3 Å². The van der Waals surface area contributed by atoms with Crippen LogP contribution in [-0.2, 0) is 6.54 Å². The molecule has 31 heavy (non-hydrogen) atoms. The van der Waals surface area contributed by atoms with E-state index in [4.69, 9.17) is 9.26 Å². The van der Waals surface area contributed by atoms with Crippen molar-refractivity contribution in [1.82, 2.24) is 20.0 Å². The minimum atomic E-state index is -0.414. The van der Waals surface area contributed by atoms with Crippen LogP contribution in [0.15, 0.2) is 77.4 Å². The molecule has 7 heteroatoms. The number of ether oxygens (including phenoxy) is 1. The number of pyridine rings is 1. The lowest BCUT2D eigenvalue weighted by Gasteiger charge is -2.18. The Hall–Kier alpha value is -3.58. The van der Waals surface area contributed by atoms with E-state index in [2.05, 4.69) is 20.0 Å². The van der Waals surface area contributed by atoms with Crippen molar-refractivity contribution >= 4 is 0 Å². The third-order valence-electron chi connectivity index (χ3n) is 5.33. The van der Waals surface area contributed by atoms with Gasteiger partial charge in [0.05, 0.1) is 5.56 Å². The molecule has 1 atom stereocenters. The molecule has 1 aliphatic heterocycles. The van der Waals surface area contributed by atoms with Gasteiger partial charge in [0.1, 0.15) is 11.9 Å². The summed E-state index contributed by atoms with van der Waals surface area (Å²) in [5.41, 5.74) is 2.25. The van der Waals surface area contributed by atoms with Gasteiger partial charge in [-0.25, -0.2) is 4.98 Å². The smallest absolute Gasteiger partial charge is 0.262 e. The molecule has 0 radical (unpaired) electrons. The molecule has 2 aromatic carbocycles. The summed E-state index contributed by atoms with van der Waals surface area (Å²) in [7, 11) is 0. The SMILES string of the molecule is Fc1ncccc1CN1CCC(Oc2ccccc2-c2nc(-c3ccccc3)no2)C1. The van der Waals surface area contributed by atoms with Crippen LogP contribution in [0.25, 0.3) is 22.8 Å². The lowest BCUT2D eigenvalue weighted by atomic mass is 10.2. The summed E-state index contributed by atoms with van der Waals surface area (Å²) in [4.78, 5) is 10.5. The molecule has 0 bridgehead atoms. The Morgan fingerprint density at radius 1 is 1.03 bits per heavy atom. The number of aromatic nitrogens is 3. The van der Waals surface area contributed by atoms with E-state index in [0.29, 0.717) is 36.1 Å². The molecular formula is C24H21FN4O2. The molecule has 5 rings (SSSR count). The number of likely N-dealkylation sites (tertiary alicyclic amines) is 1. The number of hydrogen-bond donors (Lipinski definition) is 0. The second-order valence-electron chi connectivity index (χ2n) is 7.50. The van der Waals surface area contributed by atoms with Gasteiger partial charge in [0.2, 0.25) is 11.8 Å². The fourth-order valence-corrected chi connectivity index (χ4v) is 3.78. The van der Waals surface area contributed by atoms with Crippen LogP contribution < -0.4 is 4.74 Å². The molecule has 0 spiro atoms. The van der Waals surface area contributed by atoms with Crippen molar-refractivity contribution in [2.45, 2.75) is 19.1 Å². The van der Waals surface area contributed by atoms with Crippen molar-refractivity contribution in [3.8, 4) is 28.6 Å². The van der Waals surface area contributed by atoms with Crippen LogP contribution in [-0.4, -0.2) is 39.2 Å². The minimum absolute atomic E-state index is 0.00241. The van der Waals surface area contributed by atoms with Crippen molar-refractivity contribution < 1.29 is 13.7 Å². The number of para-hydroxylation sites is 1. The first-order valence-electron chi connectivity index (χ1n) is 10.2. The van der Waals surface area contributed by atoms with Crippen LogP contribution in [0, 0.1) is 5.95 Å². The summed E-state index contributed by atoms with van der Waals surface area (Å²) in [6.45, 7) is 2.06. The first-order chi connectivity index (χ1) is 15.3.